The lowest BCUT2D eigenvalue weighted by molar-refractivity contribution is 0.589. The molecule has 88 valence electrons. The summed E-state index contributed by atoms with van der Waals surface area (Å²) >= 11 is 0. The van der Waals surface area contributed by atoms with Crippen LogP contribution in [-0.2, 0) is 5.41 Å². The fraction of sp³-hybridized carbons (Fsp3) is 0.308. The van der Waals surface area contributed by atoms with Crippen molar-refractivity contribution < 1.29 is 0 Å². The molecule has 2 heterocycles. The van der Waals surface area contributed by atoms with Crippen LogP contribution in [0.5, 0.6) is 0 Å². The zero-order chi connectivity index (χ0) is 13.5. The van der Waals surface area contributed by atoms with Gasteiger partial charge in [-0.3, -0.25) is 4.40 Å². The van der Waals surface area contributed by atoms with Crippen LogP contribution in [0, 0.1) is 34.0 Å². The van der Waals surface area contributed by atoms with Gasteiger partial charge in [-0.05, 0) is 11.0 Å². The fourth-order valence-corrected chi connectivity index (χ4v) is 1.98. The normalized spacial score (nSPS) is 10.9. The SMILES string of the molecule is CC(C)(C)c1cn2c(C#N)c(C#N)[nH]c2c1C#N. The Balaban J connectivity index is 2.92. The first-order valence-corrected chi connectivity index (χ1v) is 5.41. The van der Waals surface area contributed by atoms with E-state index in [4.69, 9.17) is 10.5 Å². The standard InChI is InChI=1S/C13H11N5/c1-13(2,3)9-7-18-11(6-16)10(5-15)17-12(18)8(9)4-14/h7,17H,1-3H3. The van der Waals surface area contributed by atoms with Gasteiger partial charge in [0.05, 0.1) is 5.56 Å². The molecule has 0 amide bonds. The number of aromatic nitrogens is 2. The van der Waals surface area contributed by atoms with Crippen LogP contribution in [0.3, 0.4) is 0 Å². The van der Waals surface area contributed by atoms with Crippen molar-refractivity contribution in [1.82, 2.24) is 9.38 Å². The molecule has 2 rings (SSSR count). The molecule has 0 saturated heterocycles. The van der Waals surface area contributed by atoms with Crippen LogP contribution in [0.1, 0.15) is 43.3 Å². The Kier molecular flexibility index (Phi) is 2.39. The van der Waals surface area contributed by atoms with Crippen LogP contribution in [0.2, 0.25) is 0 Å². The van der Waals surface area contributed by atoms with E-state index in [9.17, 15) is 5.26 Å². The number of nitrogens with zero attached hydrogens (tertiary/aromatic N) is 4. The van der Waals surface area contributed by atoms with Crippen LogP contribution >= 0.6 is 0 Å². The van der Waals surface area contributed by atoms with E-state index in [1.807, 2.05) is 32.9 Å². The summed E-state index contributed by atoms with van der Waals surface area (Å²) in [5.41, 5.74) is 2.08. The molecular formula is C13H11N5. The van der Waals surface area contributed by atoms with Gasteiger partial charge in [0.2, 0.25) is 0 Å². The number of aromatic amines is 1. The van der Waals surface area contributed by atoms with Crippen molar-refractivity contribution in [3.8, 4) is 18.2 Å². The molecule has 0 atom stereocenters. The molecule has 5 heteroatoms. The maximum atomic E-state index is 9.27. The van der Waals surface area contributed by atoms with Crippen LogP contribution in [0.4, 0.5) is 0 Å². The number of hydrogen-bond donors (Lipinski definition) is 1. The fourth-order valence-electron chi connectivity index (χ4n) is 1.98. The Bertz CT molecular complexity index is 747. The van der Waals surface area contributed by atoms with E-state index in [0.717, 1.165) is 5.56 Å². The second kappa shape index (κ2) is 3.65. The topological polar surface area (TPSA) is 91.6 Å². The van der Waals surface area contributed by atoms with E-state index < -0.39 is 0 Å². The predicted molar refractivity (Wildman–Crippen MR) is 64.6 cm³/mol. The van der Waals surface area contributed by atoms with Crippen LogP contribution in [-0.4, -0.2) is 9.38 Å². The molecule has 0 radical (unpaired) electrons. The minimum absolute atomic E-state index is 0.185. The number of rotatable bonds is 0. The van der Waals surface area contributed by atoms with E-state index in [0.29, 0.717) is 11.2 Å². The highest BCUT2D eigenvalue weighted by molar-refractivity contribution is 5.66. The van der Waals surface area contributed by atoms with Crippen molar-refractivity contribution in [3.05, 3.63) is 28.7 Å². The molecule has 0 aliphatic rings. The van der Waals surface area contributed by atoms with Crippen molar-refractivity contribution in [3.63, 3.8) is 0 Å². The second-order valence-corrected chi connectivity index (χ2v) is 5.07. The minimum Gasteiger partial charge on any atom is -0.329 e. The molecule has 0 aliphatic carbocycles. The Morgan fingerprint density at radius 2 is 1.78 bits per heavy atom. The highest BCUT2D eigenvalue weighted by Crippen LogP contribution is 2.30. The summed E-state index contributed by atoms with van der Waals surface area (Å²) in [5.74, 6) is 0. The van der Waals surface area contributed by atoms with Gasteiger partial charge in [-0.25, -0.2) is 0 Å². The van der Waals surface area contributed by atoms with Gasteiger partial charge < -0.3 is 4.98 Å². The Labute approximate surface area is 104 Å². The molecule has 2 aromatic heterocycles. The molecule has 0 spiro atoms. The lowest BCUT2D eigenvalue weighted by atomic mass is 9.86. The first-order chi connectivity index (χ1) is 8.43. The monoisotopic (exact) mass is 237 g/mol. The van der Waals surface area contributed by atoms with Gasteiger partial charge in [0, 0.05) is 6.20 Å². The van der Waals surface area contributed by atoms with Gasteiger partial charge in [-0.2, -0.15) is 15.8 Å². The summed E-state index contributed by atoms with van der Waals surface area (Å²) in [7, 11) is 0. The van der Waals surface area contributed by atoms with Crippen LogP contribution < -0.4 is 0 Å². The lowest BCUT2D eigenvalue weighted by Gasteiger charge is -2.16. The average Bonchev–Trinajstić information content (AvgIpc) is 2.81. The van der Waals surface area contributed by atoms with Gasteiger partial charge in [0.15, 0.2) is 11.4 Å². The quantitative estimate of drug-likeness (QED) is 0.761. The van der Waals surface area contributed by atoms with Gasteiger partial charge in [-0.1, -0.05) is 20.8 Å². The summed E-state index contributed by atoms with van der Waals surface area (Å²) in [4.78, 5) is 2.83. The summed E-state index contributed by atoms with van der Waals surface area (Å²) in [6, 6.07) is 6.05. The minimum atomic E-state index is -0.197. The first kappa shape index (κ1) is 11.8. The van der Waals surface area contributed by atoms with Gasteiger partial charge >= 0.3 is 0 Å². The molecule has 0 aliphatic heterocycles. The molecule has 2 aromatic rings. The average molecular weight is 237 g/mol. The first-order valence-electron chi connectivity index (χ1n) is 5.41. The van der Waals surface area contributed by atoms with E-state index in [2.05, 4.69) is 11.1 Å². The predicted octanol–water partition coefficient (Wildman–Crippen LogP) is 2.18. The smallest absolute Gasteiger partial charge is 0.160 e. The lowest BCUT2D eigenvalue weighted by Crippen LogP contribution is -2.11. The van der Waals surface area contributed by atoms with Gasteiger partial charge in [0.25, 0.3) is 0 Å². The molecule has 5 nitrogen and oxygen atoms in total. The summed E-state index contributed by atoms with van der Waals surface area (Å²) in [5, 5.41) is 27.3. The molecular weight excluding hydrogens is 226 g/mol. The molecule has 18 heavy (non-hydrogen) atoms. The maximum absolute atomic E-state index is 9.27. The van der Waals surface area contributed by atoms with E-state index in [1.54, 1.807) is 10.6 Å². The van der Waals surface area contributed by atoms with Gasteiger partial charge in [0.1, 0.15) is 23.9 Å². The third kappa shape index (κ3) is 1.44. The second-order valence-electron chi connectivity index (χ2n) is 5.07. The zero-order valence-electron chi connectivity index (χ0n) is 10.4. The zero-order valence-corrected chi connectivity index (χ0v) is 10.4. The van der Waals surface area contributed by atoms with E-state index in [1.165, 1.54) is 0 Å². The third-order valence-corrected chi connectivity index (χ3v) is 2.86. The van der Waals surface area contributed by atoms with Gasteiger partial charge in [-0.15, -0.1) is 0 Å². The molecule has 0 aromatic carbocycles. The number of nitriles is 3. The van der Waals surface area contributed by atoms with Crippen molar-refractivity contribution in [2.75, 3.05) is 0 Å². The van der Waals surface area contributed by atoms with Crippen molar-refractivity contribution >= 4 is 5.65 Å². The van der Waals surface area contributed by atoms with Crippen LogP contribution in [0.25, 0.3) is 5.65 Å². The van der Waals surface area contributed by atoms with Crippen LogP contribution in [0.15, 0.2) is 6.20 Å². The summed E-state index contributed by atoms with van der Waals surface area (Å²) < 4.78 is 1.58. The number of hydrogen-bond acceptors (Lipinski definition) is 3. The highest BCUT2D eigenvalue weighted by atomic mass is 15.0. The number of nitrogens with one attached hydrogen (secondary N) is 1. The Hall–Kier alpha value is -2.71. The number of H-pyrrole nitrogens is 1. The van der Waals surface area contributed by atoms with E-state index in [-0.39, 0.29) is 16.8 Å². The number of imidazole rings is 1. The summed E-state index contributed by atoms with van der Waals surface area (Å²) in [6.45, 7) is 6.00. The van der Waals surface area contributed by atoms with E-state index >= 15 is 0 Å². The maximum Gasteiger partial charge on any atom is 0.160 e. The molecule has 0 unspecified atom stereocenters. The summed E-state index contributed by atoms with van der Waals surface area (Å²) in [6.07, 6.45) is 1.75. The molecule has 0 bridgehead atoms. The van der Waals surface area contributed by atoms with Crippen molar-refractivity contribution in [2.24, 2.45) is 0 Å². The van der Waals surface area contributed by atoms with Crippen molar-refractivity contribution in [2.45, 2.75) is 26.2 Å². The molecule has 0 fully saturated rings. The largest absolute Gasteiger partial charge is 0.329 e. The molecule has 0 saturated carbocycles. The number of fused-ring (bicyclic) bond motifs is 1. The van der Waals surface area contributed by atoms with Crippen molar-refractivity contribution in [1.29, 1.82) is 15.8 Å². The highest BCUT2D eigenvalue weighted by Gasteiger charge is 2.25. The molecule has 1 N–H and O–H groups in total. The Morgan fingerprint density at radius 1 is 1.11 bits per heavy atom. The third-order valence-electron chi connectivity index (χ3n) is 2.86. The Morgan fingerprint density at radius 3 is 2.22 bits per heavy atom.